The van der Waals surface area contributed by atoms with E-state index in [2.05, 4.69) is 20.4 Å². The lowest BCUT2D eigenvalue weighted by Crippen LogP contribution is -2.30. The molecule has 0 bridgehead atoms. The number of hydrogen-bond donors (Lipinski definition) is 1. The van der Waals surface area contributed by atoms with E-state index < -0.39 is 0 Å². The maximum absolute atomic E-state index is 12.2. The van der Waals surface area contributed by atoms with E-state index in [4.69, 9.17) is 9.26 Å². The van der Waals surface area contributed by atoms with Crippen molar-refractivity contribution in [3.05, 3.63) is 60.2 Å². The number of carbonyl (C=O) groups is 1. The van der Waals surface area contributed by atoms with Gasteiger partial charge in [-0.05, 0) is 37.3 Å². The molecular weight excluding hydrogens is 322 g/mol. The van der Waals surface area contributed by atoms with Crippen LogP contribution in [0.4, 0.5) is 10.5 Å². The predicted molar refractivity (Wildman–Crippen MR) is 90.3 cm³/mol. The number of nitrogens with one attached hydrogen (secondary N) is 1. The van der Waals surface area contributed by atoms with Crippen molar-refractivity contribution < 1.29 is 14.1 Å². The number of rotatable bonds is 5. The fourth-order valence-electron chi connectivity index (χ4n) is 2.08. The van der Waals surface area contributed by atoms with Crippen LogP contribution in [-0.4, -0.2) is 33.1 Å². The first kappa shape index (κ1) is 16.4. The number of carbonyl (C=O) groups excluding carboxylic acids is 1. The van der Waals surface area contributed by atoms with E-state index in [0.29, 0.717) is 29.4 Å². The molecule has 3 rings (SSSR count). The molecule has 128 valence electrons. The van der Waals surface area contributed by atoms with Crippen molar-refractivity contribution in [3.8, 4) is 11.8 Å². The summed E-state index contributed by atoms with van der Waals surface area (Å²) in [6.45, 7) is 2.16. The van der Waals surface area contributed by atoms with Crippen LogP contribution in [0.1, 0.15) is 11.5 Å². The lowest BCUT2D eigenvalue weighted by Gasteiger charge is -2.16. The molecule has 2 heterocycles. The highest BCUT2D eigenvalue weighted by Gasteiger charge is 2.12. The van der Waals surface area contributed by atoms with Crippen molar-refractivity contribution in [3.63, 3.8) is 0 Å². The summed E-state index contributed by atoms with van der Waals surface area (Å²) < 4.78 is 10.5. The molecule has 0 unspecified atom stereocenters. The van der Waals surface area contributed by atoms with E-state index in [1.807, 2.05) is 0 Å². The van der Waals surface area contributed by atoms with Gasteiger partial charge in [-0.15, -0.1) is 0 Å². The number of hydrogen-bond acceptors (Lipinski definition) is 6. The quantitative estimate of drug-likeness (QED) is 0.767. The molecule has 2 amide bonds. The number of aromatic nitrogens is 3. The number of amides is 2. The van der Waals surface area contributed by atoms with Crippen LogP contribution in [0.15, 0.2) is 53.3 Å². The van der Waals surface area contributed by atoms with Gasteiger partial charge in [0.25, 0.3) is 0 Å². The summed E-state index contributed by atoms with van der Waals surface area (Å²) in [6, 6.07) is 10.5. The third kappa shape index (κ3) is 4.54. The van der Waals surface area contributed by atoms with Crippen molar-refractivity contribution in [2.24, 2.45) is 0 Å². The van der Waals surface area contributed by atoms with Crippen LogP contribution in [0.2, 0.25) is 0 Å². The summed E-state index contributed by atoms with van der Waals surface area (Å²) >= 11 is 0. The average Bonchev–Trinajstić information content (AvgIpc) is 3.02. The second-order valence-electron chi connectivity index (χ2n) is 5.37. The van der Waals surface area contributed by atoms with Gasteiger partial charge in [0, 0.05) is 31.2 Å². The maximum atomic E-state index is 12.2. The first-order valence-corrected chi connectivity index (χ1v) is 7.59. The summed E-state index contributed by atoms with van der Waals surface area (Å²) in [7, 11) is 1.68. The molecule has 0 atom stereocenters. The standard InChI is InChI=1S/C17H17N5O3/c1-12-10-14(21-25-12)11-22(2)17(23)20-13-4-6-15(7-5-13)24-16-18-8-3-9-19-16/h3-10H,11H2,1-2H3,(H,20,23). The molecule has 0 saturated carbocycles. The number of aryl methyl sites for hydroxylation is 1. The first-order valence-electron chi connectivity index (χ1n) is 7.59. The number of anilines is 1. The van der Waals surface area contributed by atoms with Gasteiger partial charge >= 0.3 is 12.0 Å². The van der Waals surface area contributed by atoms with Crippen molar-refractivity contribution in [2.45, 2.75) is 13.5 Å². The molecule has 0 radical (unpaired) electrons. The molecule has 2 aromatic heterocycles. The highest BCUT2D eigenvalue weighted by molar-refractivity contribution is 5.89. The summed E-state index contributed by atoms with van der Waals surface area (Å²) in [4.78, 5) is 21.7. The van der Waals surface area contributed by atoms with E-state index in [0.717, 1.165) is 0 Å². The molecule has 0 aliphatic carbocycles. The van der Waals surface area contributed by atoms with E-state index in [9.17, 15) is 4.79 Å². The van der Waals surface area contributed by atoms with E-state index in [-0.39, 0.29) is 12.0 Å². The third-order valence-electron chi connectivity index (χ3n) is 3.28. The molecule has 0 aliphatic rings. The normalized spacial score (nSPS) is 10.3. The number of urea groups is 1. The monoisotopic (exact) mass is 339 g/mol. The fourth-order valence-corrected chi connectivity index (χ4v) is 2.08. The number of benzene rings is 1. The molecule has 0 spiro atoms. The van der Waals surface area contributed by atoms with Gasteiger partial charge in [0.15, 0.2) is 0 Å². The van der Waals surface area contributed by atoms with Crippen LogP contribution in [0.25, 0.3) is 0 Å². The van der Waals surface area contributed by atoms with Gasteiger partial charge in [-0.2, -0.15) is 0 Å². The summed E-state index contributed by atoms with van der Waals surface area (Å²) in [5, 5.41) is 6.67. The average molecular weight is 339 g/mol. The highest BCUT2D eigenvalue weighted by atomic mass is 16.5. The molecule has 8 heteroatoms. The van der Waals surface area contributed by atoms with Crippen LogP contribution in [0.5, 0.6) is 11.8 Å². The Hall–Kier alpha value is -3.42. The van der Waals surface area contributed by atoms with Gasteiger partial charge in [0.2, 0.25) is 0 Å². The van der Waals surface area contributed by atoms with Crippen LogP contribution >= 0.6 is 0 Å². The molecule has 0 aliphatic heterocycles. The highest BCUT2D eigenvalue weighted by Crippen LogP contribution is 2.20. The van der Waals surface area contributed by atoms with Crippen LogP contribution in [-0.2, 0) is 6.54 Å². The molecule has 1 aromatic carbocycles. The molecule has 8 nitrogen and oxygen atoms in total. The van der Waals surface area contributed by atoms with Crippen molar-refractivity contribution in [1.29, 1.82) is 0 Å². The van der Waals surface area contributed by atoms with Crippen molar-refractivity contribution >= 4 is 11.7 Å². The smallest absolute Gasteiger partial charge is 0.321 e. The fraction of sp³-hybridized carbons (Fsp3) is 0.176. The zero-order chi connectivity index (χ0) is 17.6. The molecule has 3 aromatic rings. The van der Waals surface area contributed by atoms with E-state index in [1.54, 1.807) is 62.8 Å². The minimum Gasteiger partial charge on any atom is -0.424 e. The first-order chi connectivity index (χ1) is 12.1. The van der Waals surface area contributed by atoms with Crippen LogP contribution in [0, 0.1) is 6.92 Å². The van der Waals surface area contributed by atoms with Gasteiger partial charge in [0.05, 0.1) is 6.54 Å². The summed E-state index contributed by atoms with van der Waals surface area (Å²) in [5.74, 6) is 1.29. The minimum atomic E-state index is -0.249. The van der Waals surface area contributed by atoms with Crippen LogP contribution < -0.4 is 10.1 Å². The summed E-state index contributed by atoms with van der Waals surface area (Å²) in [6.07, 6.45) is 3.20. The summed E-state index contributed by atoms with van der Waals surface area (Å²) in [5.41, 5.74) is 1.34. The zero-order valence-corrected chi connectivity index (χ0v) is 13.8. The zero-order valence-electron chi connectivity index (χ0n) is 13.8. The largest absolute Gasteiger partial charge is 0.424 e. The Morgan fingerprint density at radius 2 is 1.96 bits per heavy atom. The van der Waals surface area contributed by atoms with E-state index >= 15 is 0 Å². The number of ether oxygens (including phenoxy) is 1. The lowest BCUT2D eigenvalue weighted by atomic mass is 10.3. The van der Waals surface area contributed by atoms with Crippen LogP contribution in [0.3, 0.4) is 0 Å². The SMILES string of the molecule is Cc1cc(CN(C)C(=O)Nc2ccc(Oc3ncccn3)cc2)no1. The molecular formula is C17H17N5O3. The maximum Gasteiger partial charge on any atom is 0.321 e. The Labute approximate surface area is 144 Å². The van der Waals surface area contributed by atoms with Gasteiger partial charge in [-0.3, -0.25) is 0 Å². The lowest BCUT2D eigenvalue weighted by molar-refractivity contribution is 0.219. The van der Waals surface area contributed by atoms with E-state index in [1.165, 1.54) is 4.90 Å². The second-order valence-corrected chi connectivity index (χ2v) is 5.37. The van der Waals surface area contributed by atoms with Crippen molar-refractivity contribution in [2.75, 3.05) is 12.4 Å². The van der Waals surface area contributed by atoms with Gasteiger partial charge in [-0.25, -0.2) is 14.8 Å². The Bertz CT molecular complexity index is 833. The van der Waals surface area contributed by atoms with Crippen molar-refractivity contribution in [1.82, 2.24) is 20.0 Å². The Kier molecular flexibility index (Phi) is 4.89. The predicted octanol–water partition coefficient (Wildman–Crippen LogP) is 3.23. The topological polar surface area (TPSA) is 93.4 Å². The molecule has 0 fully saturated rings. The van der Waals surface area contributed by atoms with Gasteiger partial charge < -0.3 is 19.5 Å². The molecule has 0 saturated heterocycles. The Morgan fingerprint density at radius 1 is 1.24 bits per heavy atom. The second kappa shape index (κ2) is 7.43. The molecule has 25 heavy (non-hydrogen) atoms. The number of nitrogens with zero attached hydrogens (tertiary/aromatic N) is 4. The Balaban J connectivity index is 1.56. The van der Waals surface area contributed by atoms with Gasteiger partial charge in [0.1, 0.15) is 17.2 Å². The minimum absolute atomic E-state index is 0.249. The Morgan fingerprint density at radius 3 is 2.60 bits per heavy atom. The third-order valence-corrected chi connectivity index (χ3v) is 3.28. The molecule has 1 N–H and O–H groups in total. The van der Waals surface area contributed by atoms with Gasteiger partial charge in [-0.1, -0.05) is 5.16 Å².